The number of nitrogens with one attached hydrogen (secondary N) is 1. The Morgan fingerprint density at radius 1 is 1.50 bits per heavy atom. The van der Waals surface area contributed by atoms with Crippen LogP contribution in [0.4, 0.5) is 0 Å². The molecule has 2 unspecified atom stereocenters. The van der Waals surface area contributed by atoms with Crippen molar-refractivity contribution in [3.63, 3.8) is 0 Å². The normalized spacial score (nSPS) is 37.8. The Bertz CT molecular complexity index is 138. The van der Waals surface area contributed by atoms with Gasteiger partial charge in [0, 0.05) is 19.2 Å². The zero-order chi connectivity index (χ0) is 9.03. The molecule has 1 aliphatic heterocycles. The Morgan fingerprint density at radius 3 is 2.83 bits per heavy atom. The third kappa shape index (κ3) is 2.46. The molecule has 1 fully saturated rings. The van der Waals surface area contributed by atoms with E-state index in [9.17, 15) is 0 Å². The quantitative estimate of drug-likeness (QED) is 0.685. The molecule has 0 amide bonds. The van der Waals surface area contributed by atoms with Crippen LogP contribution >= 0.6 is 0 Å². The smallest absolute Gasteiger partial charge is 0.0775 e. The molecule has 1 N–H and O–H groups in total. The lowest BCUT2D eigenvalue weighted by atomic mass is 10.0. The van der Waals surface area contributed by atoms with Crippen LogP contribution in [0.5, 0.6) is 0 Å². The van der Waals surface area contributed by atoms with Crippen LogP contribution in [-0.4, -0.2) is 24.8 Å². The fourth-order valence-corrected chi connectivity index (χ4v) is 1.54. The van der Waals surface area contributed by atoms with Gasteiger partial charge in [0.05, 0.1) is 5.60 Å². The van der Waals surface area contributed by atoms with Crippen LogP contribution in [-0.2, 0) is 4.74 Å². The molecule has 1 saturated heterocycles. The highest BCUT2D eigenvalue weighted by atomic mass is 16.5. The topological polar surface area (TPSA) is 21.3 Å². The number of rotatable bonds is 2. The third-order valence-electron chi connectivity index (χ3n) is 2.92. The van der Waals surface area contributed by atoms with Gasteiger partial charge in [0.1, 0.15) is 0 Å². The minimum absolute atomic E-state index is 0.0733. The van der Waals surface area contributed by atoms with Crippen LogP contribution < -0.4 is 5.32 Å². The lowest BCUT2D eigenvalue weighted by Gasteiger charge is -2.26. The molecule has 1 rings (SSSR count). The Morgan fingerprint density at radius 2 is 2.25 bits per heavy atom. The maximum atomic E-state index is 5.81. The van der Waals surface area contributed by atoms with E-state index >= 15 is 0 Å². The second kappa shape index (κ2) is 4.24. The first-order valence-electron chi connectivity index (χ1n) is 5.07. The molecule has 2 heteroatoms. The van der Waals surface area contributed by atoms with Crippen molar-refractivity contribution in [2.24, 2.45) is 0 Å². The van der Waals surface area contributed by atoms with Gasteiger partial charge in [-0.25, -0.2) is 0 Å². The lowest BCUT2D eigenvalue weighted by molar-refractivity contribution is -0.0213. The van der Waals surface area contributed by atoms with Crippen LogP contribution in [0, 0.1) is 0 Å². The van der Waals surface area contributed by atoms with Crippen molar-refractivity contribution >= 4 is 0 Å². The summed E-state index contributed by atoms with van der Waals surface area (Å²) in [7, 11) is 0. The first-order valence-corrected chi connectivity index (χ1v) is 5.07. The van der Waals surface area contributed by atoms with Gasteiger partial charge in [-0.2, -0.15) is 0 Å². The SMILES string of the molecule is CCC1CCOC(C)(CC)CN1. The molecule has 12 heavy (non-hydrogen) atoms. The van der Waals surface area contributed by atoms with E-state index < -0.39 is 0 Å². The molecule has 1 aliphatic rings. The molecular formula is C10H21NO. The summed E-state index contributed by atoms with van der Waals surface area (Å²) >= 11 is 0. The molecule has 72 valence electrons. The van der Waals surface area contributed by atoms with Crippen LogP contribution in [0.1, 0.15) is 40.0 Å². The molecule has 0 aromatic heterocycles. The summed E-state index contributed by atoms with van der Waals surface area (Å²) in [5.74, 6) is 0. The summed E-state index contributed by atoms with van der Waals surface area (Å²) in [5.41, 5.74) is 0.0733. The molecule has 0 spiro atoms. The van der Waals surface area contributed by atoms with Crippen molar-refractivity contribution in [3.05, 3.63) is 0 Å². The molecule has 2 atom stereocenters. The second-order valence-corrected chi connectivity index (χ2v) is 3.93. The van der Waals surface area contributed by atoms with E-state index in [1.54, 1.807) is 0 Å². The fraction of sp³-hybridized carbons (Fsp3) is 1.00. The van der Waals surface area contributed by atoms with Crippen LogP contribution in [0.3, 0.4) is 0 Å². The molecule has 0 bridgehead atoms. The van der Waals surface area contributed by atoms with Crippen LogP contribution in [0.25, 0.3) is 0 Å². The minimum Gasteiger partial charge on any atom is -0.374 e. The Balaban J connectivity index is 2.44. The Kier molecular flexibility index (Phi) is 3.53. The Hall–Kier alpha value is -0.0800. The van der Waals surface area contributed by atoms with E-state index in [0.29, 0.717) is 6.04 Å². The van der Waals surface area contributed by atoms with E-state index in [0.717, 1.165) is 26.0 Å². The average molecular weight is 171 g/mol. The summed E-state index contributed by atoms with van der Waals surface area (Å²) < 4.78 is 5.81. The summed E-state index contributed by atoms with van der Waals surface area (Å²) in [6.07, 6.45) is 3.46. The van der Waals surface area contributed by atoms with Crippen molar-refractivity contribution in [2.45, 2.75) is 51.7 Å². The maximum absolute atomic E-state index is 5.81. The molecular weight excluding hydrogens is 150 g/mol. The lowest BCUT2D eigenvalue weighted by Crippen LogP contribution is -2.40. The van der Waals surface area contributed by atoms with Crippen molar-refractivity contribution in [1.29, 1.82) is 0 Å². The monoisotopic (exact) mass is 171 g/mol. The second-order valence-electron chi connectivity index (χ2n) is 3.93. The van der Waals surface area contributed by atoms with Gasteiger partial charge in [0.25, 0.3) is 0 Å². The average Bonchev–Trinajstić information content (AvgIpc) is 2.28. The predicted octanol–water partition coefficient (Wildman–Crippen LogP) is 1.94. The highest BCUT2D eigenvalue weighted by Crippen LogP contribution is 2.18. The first kappa shape index (κ1) is 10.0. The van der Waals surface area contributed by atoms with Gasteiger partial charge in [-0.05, 0) is 26.2 Å². The fourth-order valence-electron chi connectivity index (χ4n) is 1.54. The van der Waals surface area contributed by atoms with Crippen molar-refractivity contribution in [3.8, 4) is 0 Å². The van der Waals surface area contributed by atoms with E-state index in [1.165, 1.54) is 6.42 Å². The zero-order valence-corrected chi connectivity index (χ0v) is 8.52. The third-order valence-corrected chi connectivity index (χ3v) is 2.92. The molecule has 1 heterocycles. The van der Waals surface area contributed by atoms with E-state index in [2.05, 4.69) is 26.1 Å². The minimum atomic E-state index is 0.0733. The van der Waals surface area contributed by atoms with Crippen molar-refractivity contribution in [1.82, 2.24) is 5.32 Å². The first-order chi connectivity index (χ1) is 5.70. The largest absolute Gasteiger partial charge is 0.374 e. The van der Waals surface area contributed by atoms with Gasteiger partial charge in [-0.15, -0.1) is 0 Å². The zero-order valence-electron chi connectivity index (χ0n) is 8.52. The molecule has 0 aromatic rings. The van der Waals surface area contributed by atoms with Gasteiger partial charge < -0.3 is 10.1 Å². The van der Waals surface area contributed by atoms with E-state index in [4.69, 9.17) is 4.74 Å². The van der Waals surface area contributed by atoms with E-state index in [1.807, 2.05) is 0 Å². The molecule has 0 aliphatic carbocycles. The van der Waals surface area contributed by atoms with Gasteiger partial charge >= 0.3 is 0 Å². The van der Waals surface area contributed by atoms with Gasteiger partial charge in [0.15, 0.2) is 0 Å². The van der Waals surface area contributed by atoms with Crippen LogP contribution in [0.15, 0.2) is 0 Å². The Labute approximate surface area is 75.7 Å². The standard InChI is InChI=1S/C10H21NO/c1-4-9-6-7-12-10(3,5-2)8-11-9/h9,11H,4-8H2,1-3H3. The predicted molar refractivity (Wildman–Crippen MR) is 51.3 cm³/mol. The van der Waals surface area contributed by atoms with E-state index in [-0.39, 0.29) is 5.60 Å². The number of ether oxygens (including phenoxy) is 1. The number of hydrogen-bond acceptors (Lipinski definition) is 2. The van der Waals surface area contributed by atoms with Gasteiger partial charge in [0.2, 0.25) is 0 Å². The van der Waals surface area contributed by atoms with Crippen LogP contribution in [0.2, 0.25) is 0 Å². The molecule has 0 aromatic carbocycles. The molecule has 2 nitrogen and oxygen atoms in total. The van der Waals surface area contributed by atoms with Crippen molar-refractivity contribution in [2.75, 3.05) is 13.2 Å². The molecule has 0 saturated carbocycles. The summed E-state index contributed by atoms with van der Waals surface area (Å²) in [6.45, 7) is 8.52. The summed E-state index contributed by atoms with van der Waals surface area (Å²) in [4.78, 5) is 0. The van der Waals surface area contributed by atoms with Gasteiger partial charge in [-0.1, -0.05) is 13.8 Å². The maximum Gasteiger partial charge on any atom is 0.0775 e. The van der Waals surface area contributed by atoms with Gasteiger partial charge in [-0.3, -0.25) is 0 Å². The highest BCUT2D eigenvalue weighted by molar-refractivity contribution is 4.82. The summed E-state index contributed by atoms with van der Waals surface area (Å²) in [6, 6.07) is 0.665. The summed E-state index contributed by atoms with van der Waals surface area (Å²) in [5, 5.41) is 3.55. The van der Waals surface area contributed by atoms with Crippen molar-refractivity contribution < 1.29 is 4.74 Å². The highest BCUT2D eigenvalue weighted by Gasteiger charge is 2.26. The molecule has 0 radical (unpaired) electrons. The number of hydrogen-bond donors (Lipinski definition) is 1.